The first kappa shape index (κ1) is 15.8. The Kier molecular flexibility index (Phi) is 5.30. The van der Waals surface area contributed by atoms with Crippen molar-refractivity contribution < 1.29 is 9.53 Å². The highest BCUT2D eigenvalue weighted by atomic mass is 16.5. The highest BCUT2D eigenvalue weighted by Crippen LogP contribution is 2.22. The SMILES string of the molecule is COc1ccnc(NC(CC(=O)N(C)C)c2ccccc2)n1. The molecule has 6 heteroatoms. The molecule has 0 aliphatic heterocycles. The number of carbonyl (C=O) groups excluding carboxylic acids is 1. The summed E-state index contributed by atoms with van der Waals surface area (Å²) < 4.78 is 5.10. The predicted octanol–water partition coefficient (Wildman–Crippen LogP) is 2.12. The fraction of sp³-hybridized carbons (Fsp3) is 0.312. The lowest BCUT2D eigenvalue weighted by molar-refractivity contribution is -0.128. The smallest absolute Gasteiger partial charge is 0.226 e. The van der Waals surface area contributed by atoms with Crippen molar-refractivity contribution in [1.82, 2.24) is 14.9 Å². The van der Waals surface area contributed by atoms with Crippen molar-refractivity contribution in [2.24, 2.45) is 0 Å². The molecule has 1 amide bonds. The molecule has 0 saturated carbocycles. The Hall–Kier alpha value is -2.63. The summed E-state index contributed by atoms with van der Waals surface area (Å²) in [5.41, 5.74) is 1.00. The van der Waals surface area contributed by atoms with Crippen molar-refractivity contribution >= 4 is 11.9 Å². The van der Waals surface area contributed by atoms with E-state index >= 15 is 0 Å². The second kappa shape index (κ2) is 7.40. The summed E-state index contributed by atoms with van der Waals surface area (Å²) >= 11 is 0. The monoisotopic (exact) mass is 300 g/mol. The fourth-order valence-electron chi connectivity index (χ4n) is 1.98. The van der Waals surface area contributed by atoms with Gasteiger partial charge in [0.15, 0.2) is 0 Å². The quantitative estimate of drug-likeness (QED) is 0.885. The number of nitrogens with one attached hydrogen (secondary N) is 1. The molecule has 0 aliphatic rings. The molecule has 0 bridgehead atoms. The first-order chi connectivity index (χ1) is 10.6. The van der Waals surface area contributed by atoms with Crippen molar-refractivity contribution in [3.8, 4) is 5.88 Å². The maximum absolute atomic E-state index is 12.1. The number of amides is 1. The van der Waals surface area contributed by atoms with Gasteiger partial charge in [0.05, 0.1) is 19.6 Å². The van der Waals surface area contributed by atoms with Gasteiger partial charge in [0.2, 0.25) is 17.7 Å². The molecule has 6 nitrogen and oxygen atoms in total. The molecule has 1 atom stereocenters. The van der Waals surface area contributed by atoms with Gasteiger partial charge in [-0.2, -0.15) is 4.98 Å². The van der Waals surface area contributed by atoms with Gasteiger partial charge in [-0.3, -0.25) is 4.79 Å². The first-order valence-electron chi connectivity index (χ1n) is 6.99. The number of methoxy groups -OCH3 is 1. The van der Waals surface area contributed by atoms with Crippen LogP contribution in [0.2, 0.25) is 0 Å². The van der Waals surface area contributed by atoms with Gasteiger partial charge in [0, 0.05) is 26.4 Å². The third kappa shape index (κ3) is 4.18. The van der Waals surface area contributed by atoms with Crippen LogP contribution in [0.1, 0.15) is 18.0 Å². The first-order valence-corrected chi connectivity index (χ1v) is 6.99. The van der Waals surface area contributed by atoms with E-state index in [0.29, 0.717) is 18.2 Å². The van der Waals surface area contributed by atoms with E-state index < -0.39 is 0 Å². The van der Waals surface area contributed by atoms with Crippen LogP contribution in [-0.2, 0) is 4.79 Å². The third-order valence-electron chi connectivity index (χ3n) is 3.22. The van der Waals surface area contributed by atoms with Gasteiger partial charge in [0.1, 0.15) is 0 Å². The molecule has 116 valence electrons. The van der Waals surface area contributed by atoms with Gasteiger partial charge >= 0.3 is 0 Å². The average Bonchev–Trinajstić information content (AvgIpc) is 2.55. The van der Waals surface area contributed by atoms with E-state index in [1.807, 2.05) is 30.3 Å². The molecule has 1 unspecified atom stereocenters. The minimum atomic E-state index is -0.205. The average molecular weight is 300 g/mol. The summed E-state index contributed by atoms with van der Waals surface area (Å²) in [7, 11) is 5.04. The number of hydrogen-bond donors (Lipinski definition) is 1. The summed E-state index contributed by atoms with van der Waals surface area (Å²) in [6.45, 7) is 0. The van der Waals surface area contributed by atoms with E-state index in [4.69, 9.17) is 4.74 Å². The van der Waals surface area contributed by atoms with E-state index in [2.05, 4.69) is 15.3 Å². The minimum absolute atomic E-state index is 0.0317. The Balaban J connectivity index is 2.22. The van der Waals surface area contributed by atoms with E-state index in [1.165, 1.54) is 0 Å². The Bertz CT molecular complexity index is 617. The standard InChI is InChI=1S/C16H20N4O2/c1-20(2)15(21)11-13(12-7-5-4-6-8-12)18-16-17-10-9-14(19-16)22-3/h4-10,13H,11H2,1-3H3,(H,17,18,19). The maximum Gasteiger partial charge on any atom is 0.226 e. The van der Waals surface area contributed by atoms with Crippen molar-refractivity contribution in [3.63, 3.8) is 0 Å². The molecule has 0 saturated heterocycles. The van der Waals surface area contributed by atoms with Gasteiger partial charge < -0.3 is 15.0 Å². The molecular formula is C16H20N4O2. The number of anilines is 1. The summed E-state index contributed by atoms with van der Waals surface area (Å²) in [5.74, 6) is 0.937. The van der Waals surface area contributed by atoms with Crippen molar-refractivity contribution in [2.45, 2.75) is 12.5 Å². The summed E-state index contributed by atoms with van der Waals surface area (Å²) in [4.78, 5) is 22.1. The van der Waals surface area contributed by atoms with Gasteiger partial charge in [-0.25, -0.2) is 4.98 Å². The van der Waals surface area contributed by atoms with E-state index in [9.17, 15) is 4.79 Å². The Labute approximate surface area is 130 Å². The zero-order valence-corrected chi connectivity index (χ0v) is 13.0. The van der Waals surface area contributed by atoms with Gasteiger partial charge in [-0.15, -0.1) is 0 Å². The van der Waals surface area contributed by atoms with Crippen LogP contribution < -0.4 is 10.1 Å². The zero-order valence-electron chi connectivity index (χ0n) is 13.0. The van der Waals surface area contributed by atoms with Gasteiger partial charge in [-0.1, -0.05) is 30.3 Å². The number of ether oxygens (including phenoxy) is 1. The number of rotatable bonds is 6. The van der Waals surface area contributed by atoms with Crippen LogP contribution in [0.25, 0.3) is 0 Å². The molecule has 2 aromatic rings. The molecule has 0 fully saturated rings. The molecule has 1 aromatic carbocycles. The van der Waals surface area contributed by atoms with Crippen LogP contribution in [0.5, 0.6) is 5.88 Å². The lowest BCUT2D eigenvalue weighted by atomic mass is 10.0. The number of nitrogens with zero attached hydrogens (tertiary/aromatic N) is 3. The molecule has 1 N–H and O–H groups in total. The molecule has 22 heavy (non-hydrogen) atoms. The molecule has 0 aliphatic carbocycles. The minimum Gasteiger partial charge on any atom is -0.481 e. The van der Waals surface area contributed by atoms with Gasteiger partial charge in [0.25, 0.3) is 0 Å². The van der Waals surface area contributed by atoms with E-state index in [-0.39, 0.29) is 11.9 Å². The molecule has 1 aromatic heterocycles. The third-order valence-corrected chi connectivity index (χ3v) is 3.22. The Morgan fingerprint density at radius 3 is 2.64 bits per heavy atom. The topological polar surface area (TPSA) is 67.3 Å². The maximum atomic E-state index is 12.1. The van der Waals surface area contributed by atoms with Gasteiger partial charge in [-0.05, 0) is 5.56 Å². The number of aromatic nitrogens is 2. The molecule has 2 rings (SSSR count). The van der Waals surface area contributed by atoms with Crippen LogP contribution in [0, 0.1) is 0 Å². The van der Waals surface area contributed by atoms with E-state index in [0.717, 1.165) is 5.56 Å². The van der Waals surface area contributed by atoms with Crippen LogP contribution in [-0.4, -0.2) is 42.0 Å². The number of benzene rings is 1. The normalized spacial score (nSPS) is 11.6. The Morgan fingerprint density at radius 1 is 1.27 bits per heavy atom. The predicted molar refractivity (Wildman–Crippen MR) is 84.7 cm³/mol. The zero-order chi connectivity index (χ0) is 15.9. The molecule has 1 heterocycles. The highest BCUT2D eigenvalue weighted by Gasteiger charge is 2.18. The van der Waals surface area contributed by atoms with Crippen LogP contribution in [0.15, 0.2) is 42.6 Å². The second-order valence-electron chi connectivity index (χ2n) is 5.02. The lowest BCUT2D eigenvalue weighted by Gasteiger charge is -2.21. The van der Waals surface area contributed by atoms with Crippen LogP contribution in [0.4, 0.5) is 5.95 Å². The van der Waals surface area contributed by atoms with Crippen LogP contribution >= 0.6 is 0 Å². The largest absolute Gasteiger partial charge is 0.481 e. The lowest BCUT2D eigenvalue weighted by Crippen LogP contribution is -2.26. The Morgan fingerprint density at radius 2 is 2.00 bits per heavy atom. The fourth-order valence-corrected chi connectivity index (χ4v) is 1.98. The summed E-state index contributed by atoms with van der Waals surface area (Å²) in [6.07, 6.45) is 1.93. The van der Waals surface area contributed by atoms with Crippen LogP contribution in [0.3, 0.4) is 0 Å². The summed E-state index contributed by atoms with van der Waals surface area (Å²) in [5, 5.41) is 3.21. The van der Waals surface area contributed by atoms with E-state index in [1.54, 1.807) is 38.4 Å². The molecule has 0 radical (unpaired) electrons. The second-order valence-corrected chi connectivity index (χ2v) is 5.02. The van der Waals surface area contributed by atoms with Crippen molar-refractivity contribution in [3.05, 3.63) is 48.2 Å². The molecule has 0 spiro atoms. The van der Waals surface area contributed by atoms with Crippen molar-refractivity contribution in [2.75, 3.05) is 26.5 Å². The number of carbonyl (C=O) groups is 1. The number of hydrogen-bond acceptors (Lipinski definition) is 5. The van der Waals surface area contributed by atoms with Crippen molar-refractivity contribution in [1.29, 1.82) is 0 Å². The summed E-state index contributed by atoms with van der Waals surface area (Å²) in [6, 6.07) is 11.2. The molecular weight excluding hydrogens is 280 g/mol. The highest BCUT2D eigenvalue weighted by molar-refractivity contribution is 5.76.